The van der Waals surface area contributed by atoms with Gasteiger partial charge in [0.25, 0.3) is 0 Å². The number of rotatable bonds is 4. The summed E-state index contributed by atoms with van der Waals surface area (Å²) in [4.78, 5) is 0. The molecule has 0 unspecified atom stereocenters. The fourth-order valence-corrected chi connectivity index (χ4v) is 6.13. The Balaban J connectivity index is 1.23. The van der Waals surface area contributed by atoms with Crippen molar-refractivity contribution in [2.45, 2.75) is 77.0 Å². The Bertz CT molecular complexity index is 586. The van der Waals surface area contributed by atoms with Gasteiger partial charge in [0.15, 0.2) is 0 Å². The first-order valence-electron chi connectivity index (χ1n) is 10.2. The van der Waals surface area contributed by atoms with Crippen LogP contribution in [0.5, 0.6) is 0 Å². The second-order valence-corrected chi connectivity index (χ2v) is 9.08. The van der Waals surface area contributed by atoms with Gasteiger partial charge in [0.2, 0.25) is 0 Å². The quantitative estimate of drug-likeness (QED) is 0.626. The molecule has 0 saturated heterocycles. The molecule has 1 spiro atoms. The highest BCUT2D eigenvalue weighted by atomic mass is 14.6. The summed E-state index contributed by atoms with van der Waals surface area (Å²) in [5.74, 6) is 3.91. The average molecular weight is 322 g/mol. The van der Waals surface area contributed by atoms with Gasteiger partial charge < -0.3 is 0 Å². The van der Waals surface area contributed by atoms with Gasteiger partial charge in [0, 0.05) is 0 Å². The van der Waals surface area contributed by atoms with Crippen molar-refractivity contribution in [2.24, 2.45) is 23.2 Å². The van der Waals surface area contributed by atoms with Gasteiger partial charge in [0.1, 0.15) is 0 Å². The van der Waals surface area contributed by atoms with E-state index in [0.717, 1.165) is 29.2 Å². The fraction of sp³-hybridized carbons (Fsp3) is 0.696. The van der Waals surface area contributed by atoms with E-state index in [2.05, 4.69) is 25.1 Å². The van der Waals surface area contributed by atoms with Gasteiger partial charge >= 0.3 is 0 Å². The zero-order valence-electron chi connectivity index (χ0n) is 15.1. The molecule has 3 saturated carbocycles. The highest BCUT2D eigenvalue weighted by molar-refractivity contribution is 5.34. The Hall–Kier alpha value is -1.29. The zero-order chi connectivity index (χ0) is 16.6. The number of hydrogen-bond donors (Lipinski definition) is 0. The van der Waals surface area contributed by atoms with E-state index in [9.17, 15) is 0 Å². The van der Waals surface area contributed by atoms with Crippen molar-refractivity contribution >= 4 is 0 Å². The molecule has 0 aliphatic heterocycles. The standard InChI is InChI=1S/C23H31N/c1-2-3-17-4-8-19(9-5-17)21-12-23(13-21)14-22(15-23)20-10-6-18(16-24)7-11-20/h6-7,10-11,17,19,21-22H,2-5,8-9,12-15H2,1H3. The van der Waals surface area contributed by atoms with E-state index in [-0.39, 0.29) is 0 Å². The van der Waals surface area contributed by atoms with Crippen LogP contribution in [0.3, 0.4) is 0 Å². The SMILES string of the molecule is CCCC1CCC(C2CC3(CC(c4ccc(C#N)cc4)C3)C2)CC1. The molecule has 0 heterocycles. The van der Waals surface area contributed by atoms with Crippen molar-refractivity contribution in [1.82, 2.24) is 0 Å². The predicted octanol–water partition coefficient (Wildman–Crippen LogP) is 6.44. The molecule has 0 atom stereocenters. The Morgan fingerprint density at radius 2 is 1.62 bits per heavy atom. The minimum Gasteiger partial charge on any atom is -0.192 e. The molecule has 0 bridgehead atoms. The summed E-state index contributed by atoms with van der Waals surface area (Å²) in [6, 6.07) is 10.6. The van der Waals surface area contributed by atoms with Gasteiger partial charge in [-0.05, 0) is 85.3 Å². The second-order valence-electron chi connectivity index (χ2n) is 9.08. The molecular weight excluding hydrogens is 290 g/mol. The van der Waals surface area contributed by atoms with Crippen molar-refractivity contribution in [3.8, 4) is 6.07 Å². The maximum atomic E-state index is 8.92. The summed E-state index contributed by atoms with van der Waals surface area (Å²) in [7, 11) is 0. The summed E-state index contributed by atoms with van der Waals surface area (Å²) in [6.07, 6.45) is 14.7. The molecule has 1 heteroatoms. The van der Waals surface area contributed by atoms with E-state index in [0.29, 0.717) is 5.41 Å². The van der Waals surface area contributed by atoms with Gasteiger partial charge in [-0.1, -0.05) is 44.7 Å². The minimum absolute atomic E-state index is 0.712. The second kappa shape index (κ2) is 6.55. The van der Waals surface area contributed by atoms with Crippen LogP contribution in [0.4, 0.5) is 0 Å². The summed E-state index contributed by atoms with van der Waals surface area (Å²) in [5.41, 5.74) is 2.96. The normalized spacial score (nSPS) is 38.2. The van der Waals surface area contributed by atoms with E-state index >= 15 is 0 Å². The van der Waals surface area contributed by atoms with E-state index in [4.69, 9.17) is 5.26 Å². The summed E-state index contributed by atoms with van der Waals surface area (Å²) >= 11 is 0. The lowest BCUT2D eigenvalue weighted by Gasteiger charge is -2.60. The first kappa shape index (κ1) is 16.2. The average Bonchev–Trinajstić information content (AvgIpc) is 2.54. The van der Waals surface area contributed by atoms with Crippen LogP contribution in [0.15, 0.2) is 24.3 Å². The number of nitrogens with zero attached hydrogens (tertiary/aromatic N) is 1. The van der Waals surface area contributed by atoms with Crippen molar-refractivity contribution in [3.05, 3.63) is 35.4 Å². The monoisotopic (exact) mass is 321 g/mol. The Kier molecular flexibility index (Phi) is 4.42. The summed E-state index contributed by atoms with van der Waals surface area (Å²) in [5, 5.41) is 8.92. The van der Waals surface area contributed by atoms with Crippen LogP contribution in [0, 0.1) is 34.5 Å². The van der Waals surface area contributed by atoms with Gasteiger partial charge in [-0.25, -0.2) is 0 Å². The van der Waals surface area contributed by atoms with Crippen molar-refractivity contribution in [2.75, 3.05) is 0 Å². The van der Waals surface area contributed by atoms with Crippen molar-refractivity contribution in [1.29, 1.82) is 5.26 Å². The molecule has 0 radical (unpaired) electrons. The lowest BCUT2D eigenvalue weighted by atomic mass is 9.45. The third kappa shape index (κ3) is 3.01. The maximum Gasteiger partial charge on any atom is 0.0991 e. The van der Waals surface area contributed by atoms with Crippen molar-refractivity contribution < 1.29 is 0 Å². The molecule has 24 heavy (non-hydrogen) atoms. The van der Waals surface area contributed by atoms with Crippen LogP contribution in [-0.2, 0) is 0 Å². The third-order valence-electron chi connectivity index (χ3n) is 7.52. The third-order valence-corrected chi connectivity index (χ3v) is 7.52. The van der Waals surface area contributed by atoms with Crippen LogP contribution < -0.4 is 0 Å². The fourth-order valence-electron chi connectivity index (χ4n) is 6.13. The Morgan fingerprint density at radius 1 is 0.958 bits per heavy atom. The molecule has 0 amide bonds. The van der Waals surface area contributed by atoms with E-state index in [1.807, 2.05) is 12.1 Å². The molecular formula is C23H31N. The van der Waals surface area contributed by atoms with Gasteiger partial charge in [-0.3, -0.25) is 0 Å². The lowest BCUT2D eigenvalue weighted by molar-refractivity contribution is -0.0726. The van der Waals surface area contributed by atoms with E-state index in [1.54, 1.807) is 0 Å². The molecule has 1 nitrogen and oxygen atoms in total. The predicted molar refractivity (Wildman–Crippen MR) is 98.6 cm³/mol. The Morgan fingerprint density at radius 3 is 2.21 bits per heavy atom. The molecule has 0 aromatic heterocycles. The molecule has 0 N–H and O–H groups in total. The number of hydrogen-bond acceptors (Lipinski definition) is 1. The zero-order valence-corrected chi connectivity index (χ0v) is 15.1. The molecule has 128 valence electrons. The topological polar surface area (TPSA) is 23.8 Å². The van der Waals surface area contributed by atoms with Crippen LogP contribution in [-0.4, -0.2) is 0 Å². The smallest absolute Gasteiger partial charge is 0.0991 e. The highest BCUT2D eigenvalue weighted by Crippen LogP contribution is 2.66. The van der Waals surface area contributed by atoms with Gasteiger partial charge in [-0.15, -0.1) is 0 Å². The molecule has 4 rings (SSSR count). The first-order chi connectivity index (χ1) is 11.7. The van der Waals surface area contributed by atoms with Crippen LogP contribution in [0.25, 0.3) is 0 Å². The molecule has 1 aromatic carbocycles. The number of benzene rings is 1. The minimum atomic E-state index is 0.712. The van der Waals surface area contributed by atoms with Crippen LogP contribution in [0.2, 0.25) is 0 Å². The van der Waals surface area contributed by atoms with E-state index < -0.39 is 0 Å². The number of nitriles is 1. The summed E-state index contributed by atoms with van der Waals surface area (Å²) < 4.78 is 0. The first-order valence-corrected chi connectivity index (χ1v) is 10.2. The van der Waals surface area contributed by atoms with Crippen LogP contribution in [0.1, 0.15) is 88.2 Å². The van der Waals surface area contributed by atoms with Crippen molar-refractivity contribution in [3.63, 3.8) is 0 Å². The highest BCUT2D eigenvalue weighted by Gasteiger charge is 2.54. The van der Waals surface area contributed by atoms with Gasteiger partial charge in [-0.2, -0.15) is 5.26 Å². The largest absolute Gasteiger partial charge is 0.192 e. The van der Waals surface area contributed by atoms with E-state index in [1.165, 1.54) is 69.8 Å². The van der Waals surface area contributed by atoms with Crippen LogP contribution >= 0.6 is 0 Å². The molecule has 3 aliphatic carbocycles. The summed E-state index contributed by atoms with van der Waals surface area (Å²) in [6.45, 7) is 2.34. The lowest BCUT2D eigenvalue weighted by Crippen LogP contribution is -2.49. The molecule has 1 aromatic rings. The van der Waals surface area contributed by atoms with Gasteiger partial charge in [0.05, 0.1) is 11.6 Å². The maximum absolute atomic E-state index is 8.92. The molecule has 3 aliphatic rings. The Labute approximate surface area is 147 Å². The molecule has 3 fully saturated rings.